The van der Waals surface area contributed by atoms with E-state index in [0.717, 1.165) is 39.0 Å². The third kappa shape index (κ3) is 3.57. The fourth-order valence-corrected chi connectivity index (χ4v) is 3.59. The van der Waals surface area contributed by atoms with Gasteiger partial charge in [0.25, 0.3) is 0 Å². The van der Waals surface area contributed by atoms with Gasteiger partial charge in [0, 0.05) is 32.5 Å². The van der Waals surface area contributed by atoms with E-state index in [1.165, 1.54) is 11.3 Å². The molecular weight excluding hydrogens is 326 g/mol. The number of aromatic nitrogens is 4. The number of hydrogen-bond donors (Lipinski definition) is 1. The molecule has 0 saturated heterocycles. The predicted octanol–water partition coefficient (Wildman–Crippen LogP) is 2.15. The molecule has 1 unspecified atom stereocenters. The van der Waals surface area contributed by atoms with Crippen molar-refractivity contribution in [3.05, 3.63) is 71.6 Å². The number of benzene rings is 1. The number of rotatable bonds is 6. The molecule has 3 aromatic rings. The summed E-state index contributed by atoms with van der Waals surface area (Å²) in [4.78, 5) is 6.70. The van der Waals surface area contributed by atoms with E-state index in [4.69, 9.17) is 0 Å². The molecule has 2 aromatic heterocycles. The zero-order chi connectivity index (χ0) is 17.9. The molecule has 136 valence electrons. The van der Waals surface area contributed by atoms with Gasteiger partial charge >= 0.3 is 0 Å². The molecule has 0 amide bonds. The van der Waals surface area contributed by atoms with Crippen LogP contribution in [0.1, 0.15) is 35.3 Å². The summed E-state index contributed by atoms with van der Waals surface area (Å²) in [7, 11) is 1.88. The molecular formula is C20H25N5O. The molecule has 0 fully saturated rings. The number of hydrogen-bond acceptors (Lipinski definition) is 4. The first-order valence-electron chi connectivity index (χ1n) is 9.19. The van der Waals surface area contributed by atoms with E-state index in [-0.39, 0.29) is 0 Å². The molecule has 0 aliphatic carbocycles. The number of nitrogens with zero attached hydrogens (tertiary/aromatic N) is 5. The molecule has 0 saturated carbocycles. The quantitative estimate of drug-likeness (QED) is 0.739. The summed E-state index contributed by atoms with van der Waals surface area (Å²) in [5.74, 6) is 0.625. The van der Waals surface area contributed by atoms with Gasteiger partial charge in [-0.1, -0.05) is 30.3 Å². The summed E-state index contributed by atoms with van der Waals surface area (Å²) in [6.07, 6.45) is 5.02. The standard InChI is InChI=1S/C20H25N5O/c1-23-11-9-21-20(23)19(26)18-14-17-15-24(12-13-25(17)22-18)10-5-8-16-6-3-2-4-7-16/h2-4,6-7,9,11,14,19,26H,5,8,10,12-13,15H2,1H3. The van der Waals surface area contributed by atoms with Crippen molar-refractivity contribution in [1.82, 2.24) is 24.2 Å². The van der Waals surface area contributed by atoms with Crippen molar-refractivity contribution >= 4 is 0 Å². The van der Waals surface area contributed by atoms with E-state index >= 15 is 0 Å². The maximum absolute atomic E-state index is 10.6. The van der Waals surface area contributed by atoms with Gasteiger partial charge in [-0.15, -0.1) is 0 Å². The zero-order valence-electron chi connectivity index (χ0n) is 15.1. The van der Waals surface area contributed by atoms with E-state index < -0.39 is 6.10 Å². The van der Waals surface area contributed by atoms with Crippen LogP contribution in [0.3, 0.4) is 0 Å². The second-order valence-corrected chi connectivity index (χ2v) is 6.95. The highest BCUT2D eigenvalue weighted by Crippen LogP contribution is 2.22. The van der Waals surface area contributed by atoms with E-state index in [9.17, 15) is 5.11 Å². The minimum Gasteiger partial charge on any atom is -0.379 e. The number of aliphatic hydroxyl groups excluding tert-OH is 1. The summed E-state index contributed by atoms with van der Waals surface area (Å²) >= 11 is 0. The van der Waals surface area contributed by atoms with Crippen LogP contribution in [0.25, 0.3) is 0 Å². The maximum Gasteiger partial charge on any atom is 0.155 e. The van der Waals surface area contributed by atoms with Crippen LogP contribution < -0.4 is 0 Å². The summed E-state index contributed by atoms with van der Waals surface area (Å²) in [5, 5.41) is 15.2. The molecule has 1 N–H and O–H groups in total. The van der Waals surface area contributed by atoms with Crippen molar-refractivity contribution in [2.75, 3.05) is 13.1 Å². The molecule has 3 heterocycles. The van der Waals surface area contributed by atoms with Crippen LogP contribution in [0.2, 0.25) is 0 Å². The number of fused-ring (bicyclic) bond motifs is 1. The second kappa shape index (κ2) is 7.43. The van der Waals surface area contributed by atoms with Gasteiger partial charge in [0.05, 0.1) is 17.9 Å². The van der Waals surface area contributed by atoms with Crippen molar-refractivity contribution in [1.29, 1.82) is 0 Å². The highest BCUT2D eigenvalue weighted by molar-refractivity contribution is 5.19. The Bertz CT molecular complexity index is 854. The van der Waals surface area contributed by atoms with Gasteiger partial charge in [-0.2, -0.15) is 5.10 Å². The fraction of sp³-hybridized carbons (Fsp3) is 0.400. The summed E-state index contributed by atoms with van der Waals surface area (Å²) < 4.78 is 3.86. The molecule has 26 heavy (non-hydrogen) atoms. The van der Waals surface area contributed by atoms with Gasteiger partial charge in [0.2, 0.25) is 0 Å². The molecule has 1 aromatic carbocycles. The van der Waals surface area contributed by atoms with Crippen LogP contribution >= 0.6 is 0 Å². The monoisotopic (exact) mass is 351 g/mol. The summed E-state index contributed by atoms with van der Waals surface area (Å²) in [5.41, 5.74) is 3.25. The SMILES string of the molecule is Cn1ccnc1C(O)c1cc2n(n1)CCN(CCCc1ccccc1)C2. The van der Waals surface area contributed by atoms with E-state index in [2.05, 4.69) is 45.3 Å². The molecule has 0 spiro atoms. The molecule has 4 rings (SSSR count). The van der Waals surface area contributed by atoms with Crippen molar-refractivity contribution in [3.63, 3.8) is 0 Å². The van der Waals surface area contributed by atoms with Crippen molar-refractivity contribution in [2.45, 2.75) is 32.0 Å². The molecule has 1 aliphatic heterocycles. The third-order valence-corrected chi connectivity index (χ3v) is 5.06. The van der Waals surface area contributed by atoms with Gasteiger partial charge in [0.1, 0.15) is 5.82 Å². The lowest BCUT2D eigenvalue weighted by Gasteiger charge is -2.27. The van der Waals surface area contributed by atoms with Gasteiger partial charge in [0.15, 0.2) is 6.10 Å². The van der Waals surface area contributed by atoms with Crippen LogP contribution in [0.5, 0.6) is 0 Å². The number of aliphatic hydroxyl groups is 1. The molecule has 0 bridgehead atoms. The molecule has 6 heteroatoms. The molecule has 1 atom stereocenters. The molecule has 1 aliphatic rings. The first kappa shape index (κ1) is 17.0. The van der Waals surface area contributed by atoms with E-state index in [0.29, 0.717) is 11.5 Å². The van der Waals surface area contributed by atoms with Crippen LogP contribution in [-0.4, -0.2) is 42.4 Å². The summed E-state index contributed by atoms with van der Waals surface area (Å²) in [6.45, 7) is 3.84. The minimum absolute atomic E-state index is 0.625. The van der Waals surface area contributed by atoms with E-state index in [1.54, 1.807) is 6.20 Å². The van der Waals surface area contributed by atoms with Crippen LogP contribution in [0.4, 0.5) is 0 Å². The first-order valence-corrected chi connectivity index (χ1v) is 9.19. The number of aryl methyl sites for hydroxylation is 2. The van der Waals surface area contributed by atoms with Gasteiger partial charge < -0.3 is 9.67 Å². The molecule has 6 nitrogen and oxygen atoms in total. The Labute approximate surface area is 153 Å². The minimum atomic E-state index is -0.778. The lowest BCUT2D eigenvalue weighted by molar-refractivity contribution is 0.196. The lowest BCUT2D eigenvalue weighted by Crippen LogP contribution is -2.34. The predicted molar refractivity (Wildman–Crippen MR) is 99.5 cm³/mol. The zero-order valence-corrected chi connectivity index (χ0v) is 15.1. The summed E-state index contributed by atoms with van der Waals surface area (Å²) in [6, 6.07) is 12.7. The lowest BCUT2D eigenvalue weighted by atomic mass is 10.1. The Morgan fingerprint density at radius 2 is 2.04 bits per heavy atom. The normalized spacial score (nSPS) is 15.8. The largest absolute Gasteiger partial charge is 0.379 e. The van der Waals surface area contributed by atoms with Gasteiger partial charge in [-0.05, 0) is 31.0 Å². The second-order valence-electron chi connectivity index (χ2n) is 6.95. The molecule has 0 radical (unpaired) electrons. The van der Waals surface area contributed by atoms with Crippen LogP contribution in [-0.2, 0) is 26.6 Å². The first-order chi connectivity index (χ1) is 12.7. The van der Waals surface area contributed by atoms with Crippen molar-refractivity contribution < 1.29 is 5.11 Å². The van der Waals surface area contributed by atoms with Crippen molar-refractivity contribution in [3.8, 4) is 0 Å². The van der Waals surface area contributed by atoms with Crippen LogP contribution in [0, 0.1) is 0 Å². The fourth-order valence-electron chi connectivity index (χ4n) is 3.59. The van der Waals surface area contributed by atoms with Crippen LogP contribution in [0.15, 0.2) is 48.8 Å². The maximum atomic E-state index is 10.6. The Hall–Kier alpha value is -2.44. The highest BCUT2D eigenvalue weighted by atomic mass is 16.3. The Morgan fingerprint density at radius 1 is 1.19 bits per heavy atom. The third-order valence-electron chi connectivity index (χ3n) is 5.06. The van der Waals surface area contributed by atoms with E-state index in [1.807, 2.05) is 28.6 Å². The smallest absolute Gasteiger partial charge is 0.155 e. The van der Waals surface area contributed by atoms with Gasteiger partial charge in [-0.25, -0.2) is 4.98 Å². The van der Waals surface area contributed by atoms with Crippen molar-refractivity contribution in [2.24, 2.45) is 7.05 Å². The Kier molecular flexibility index (Phi) is 4.86. The average molecular weight is 351 g/mol. The topological polar surface area (TPSA) is 59.1 Å². The Balaban J connectivity index is 1.37. The highest BCUT2D eigenvalue weighted by Gasteiger charge is 2.23. The Morgan fingerprint density at radius 3 is 2.81 bits per heavy atom. The number of imidazole rings is 1. The van der Waals surface area contributed by atoms with Gasteiger partial charge in [-0.3, -0.25) is 9.58 Å². The average Bonchev–Trinajstić information content (AvgIpc) is 3.28.